The first kappa shape index (κ1) is 28.1. The number of benzene rings is 2. The summed E-state index contributed by atoms with van der Waals surface area (Å²) in [5.74, 6) is 1.00. The molecule has 3 aromatic rings. The van der Waals surface area contributed by atoms with Gasteiger partial charge in [-0.2, -0.15) is 5.26 Å². The van der Waals surface area contributed by atoms with Gasteiger partial charge < -0.3 is 18.9 Å². The van der Waals surface area contributed by atoms with Crippen molar-refractivity contribution >= 4 is 39.3 Å². The zero-order chi connectivity index (χ0) is 28.1. The molecule has 9 nitrogen and oxygen atoms in total. The highest BCUT2D eigenvalue weighted by atomic mass is 79.9. The Morgan fingerprint density at radius 2 is 1.92 bits per heavy atom. The van der Waals surface area contributed by atoms with E-state index in [4.69, 9.17) is 24.2 Å². The first-order chi connectivity index (χ1) is 18.8. The number of hydrogen-bond donors (Lipinski definition) is 0. The van der Waals surface area contributed by atoms with Gasteiger partial charge in [0.25, 0.3) is 5.56 Å². The summed E-state index contributed by atoms with van der Waals surface area (Å²) in [6.45, 7) is 5.90. The van der Waals surface area contributed by atoms with Crippen LogP contribution in [0, 0.1) is 11.3 Å². The summed E-state index contributed by atoms with van der Waals surface area (Å²) in [4.78, 5) is 32.1. The second-order valence-electron chi connectivity index (χ2n) is 8.28. The van der Waals surface area contributed by atoms with Gasteiger partial charge in [0.1, 0.15) is 11.8 Å². The van der Waals surface area contributed by atoms with Crippen molar-refractivity contribution in [2.45, 2.75) is 26.8 Å². The SMILES string of the molecule is CCOC(=O)C1=C(C)N=c2s/c(=C/c3ccc(OCC#N)cc3)c(=O)n2[C@H]1c1cc(OC)c(OCC)cc1Br. The van der Waals surface area contributed by atoms with Crippen LogP contribution in [0.15, 0.2) is 61.9 Å². The number of fused-ring (bicyclic) bond motifs is 1. The number of nitriles is 1. The fourth-order valence-electron chi connectivity index (χ4n) is 4.20. The molecule has 0 amide bonds. The molecule has 0 saturated carbocycles. The summed E-state index contributed by atoms with van der Waals surface area (Å²) in [5, 5.41) is 8.70. The molecule has 0 bridgehead atoms. The molecule has 0 N–H and O–H groups in total. The average molecular weight is 613 g/mol. The number of ether oxygens (including phenoxy) is 4. The lowest BCUT2D eigenvalue weighted by Gasteiger charge is -2.26. The fourth-order valence-corrected chi connectivity index (χ4v) is 5.79. The monoisotopic (exact) mass is 611 g/mol. The lowest BCUT2D eigenvalue weighted by molar-refractivity contribution is -0.139. The second kappa shape index (κ2) is 12.3. The minimum atomic E-state index is -0.817. The average Bonchev–Trinajstić information content (AvgIpc) is 3.22. The molecule has 39 heavy (non-hydrogen) atoms. The third-order valence-corrected chi connectivity index (χ3v) is 7.55. The molecule has 1 aliphatic heterocycles. The minimum Gasteiger partial charge on any atom is -0.493 e. The first-order valence-corrected chi connectivity index (χ1v) is 13.7. The summed E-state index contributed by atoms with van der Waals surface area (Å²) in [7, 11) is 1.53. The van der Waals surface area contributed by atoms with Crippen molar-refractivity contribution in [3.63, 3.8) is 0 Å². The summed E-state index contributed by atoms with van der Waals surface area (Å²) >= 11 is 4.85. The first-order valence-electron chi connectivity index (χ1n) is 12.1. The predicted octanol–water partition coefficient (Wildman–Crippen LogP) is 3.87. The summed E-state index contributed by atoms with van der Waals surface area (Å²) < 4.78 is 24.6. The fraction of sp³-hybridized carbons (Fsp3) is 0.286. The summed E-state index contributed by atoms with van der Waals surface area (Å²) in [6.07, 6.45) is 1.76. The predicted molar refractivity (Wildman–Crippen MR) is 150 cm³/mol. The van der Waals surface area contributed by atoms with Gasteiger partial charge >= 0.3 is 5.97 Å². The maximum Gasteiger partial charge on any atom is 0.338 e. The Morgan fingerprint density at radius 1 is 1.18 bits per heavy atom. The topological polar surface area (TPSA) is 112 Å². The Hall–Kier alpha value is -3.88. The van der Waals surface area contributed by atoms with E-state index in [-0.39, 0.29) is 24.3 Å². The quantitative estimate of drug-likeness (QED) is 0.338. The molecule has 2 aromatic carbocycles. The molecule has 202 valence electrons. The van der Waals surface area contributed by atoms with Crippen LogP contribution in [0.25, 0.3) is 6.08 Å². The van der Waals surface area contributed by atoms with Crippen LogP contribution in [0.2, 0.25) is 0 Å². The third kappa shape index (κ3) is 5.77. The van der Waals surface area contributed by atoms with Gasteiger partial charge in [0, 0.05) is 4.47 Å². The smallest absolute Gasteiger partial charge is 0.338 e. The zero-order valence-corrected chi connectivity index (χ0v) is 24.2. The number of nitrogens with zero attached hydrogens (tertiary/aromatic N) is 3. The van der Waals surface area contributed by atoms with Crippen LogP contribution in [0.1, 0.15) is 37.9 Å². The Balaban J connectivity index is 1.91. The van der Waals surface area contributed by atoms with Crippen molar-refractivity contribution in [2.75, 3.05) is 26.9 Å². The molecule has 0 spiro atoms. The molecule has 0 radical (unpaired) electrons. The van der Waals surface area contributed by atoms with Crippen LogP contribution in [-0.2, 0) is 9.53 Å². The summed E-state index contributed by atoms with van der Waals surface area (Å²) in [6, 6.07) is 11.7. The number of methoxy groups -OCH3 is 1. The van der Waals surface area contributed by atoms with Crippen LogP contribution >= 0.6 is 27.3 Å². The van der Waals surface area contributed by atoms with E-state index in [1.54, 1.807) is 56.3 Å². The molecule has 2 heterocycles. The van der Waals surface area contributed by atoms with E-state index < -0.39 is 12.0 Å². The van der Waals surface area contributed by atoms with Crippen molar-refractivity contribution in [2.24, 2.45) is 4.99 Å². The molecule has 4 rings (SSSR count). The molecule has 0 unspecified atom stereocenters. The number of allylic oxidation sites excluding steroid dienone is 1. The number of carbonyl (C=O) groups excluding carboxylic acids is 1. The van der Waals surface area contributed by atoms with Gasteiger partial charge in [-0.05, 0) is 62.2 Å². The maximum atomic E-state index is 13.9. The highest BCUT2D eigenvalue weighted by molar-refractivity contribution is 9.10. The lowest BCUT2D eigenvalue weighted by Crippen LogP contribution is -2.40. The van der Waals surface area contributed by atoms with Gasteiger partial charge in [-0.3, -0.25) is 9.36 Å². The highest BCUT2D eigenvalue weighted by Gasteiger charge is 2.35. The summed E-state index contributed by atoms with van der Waals surface area (Å²) in [5.41, 5.74) is 1.82. The van der Waals surface area contributed by atoms with Crippen LogP contribution in [0.3, 0.4) is 0 Å². The Kier molecular flexibility index (Phi) is 8.89. The standard InChI is InChI=1S/C28H26BrN3O6S/c1-5-36-22-15-20(29)19(14-21(22)35-4)25-24(27(34)37-6-2)16(3)31-28-32(25)26(33)23(39-28)13-17-7-9-18(10-8-17)38-12-11-30/h7-10,13-15,25H,5-6,12H2,1-4H3/b23-13+/t25-/m0/s1. The molecule has 0 aliphatic carbocycles. The third-order valence-electron chi connectivity index (χ3n) is 5.88. The van der Waals surface area contributed by atoms with E-state index in [1.165, 1.54) is 23.0 Å². The van der Waals surface area contributed by atoms with Gasteiger partial charge in [0.05, 0.1) is 42.2 Å². The Bertz CT molecular complexity index is 1650. The van der Waals surface area contributed by atoms with E-state index in [0.29, 0.717) is 48.9 Å². The van der Waals surface area contributed by atoms with Crippen molar-refractivity contribution in [1.82, 2.24) is 4.57 Å². The number of rotatable bonds is 9. The number of aromatic nitrogens is 1. The largest absolute Gasteiger partial charge is 0.493 e. The van der Waals surface area contributed by atoms with E-state index in [2.05, 4.69) is 20.9 Å². The van der Waals surface area contributed by atoms with Crippen LogP contribution in [0.5, 0.6) is 17.2 Å². The molecule has 0 fully saturated rings. The van der Waals surface area contributed by atoms with Gasteiger partial charge in [0.2, 0.25) is 0 Å². The van der Waals surface area contributed by atoms with Gasteiger partial charge in [-0.15, -0.1) is 0 Å². The van der Waals surface area contributed by atoms with Gasteiger partial charge in [-0.1, -0.05) is 39.4 Å². The van der Waals surface area contributed by atoms with E-state index in [1.807, 2.05) is 13.0 Å². The van der Waals surface area contributed by atoms with Crippen molar-refractivity contribution in [3.05, 3.63) is 83.0 Å². The van der Waals surface area contributed by atoms with Gasteiger partial charge in [0.15, 0.2) is 22.9 Å². The highest BCUT2D eigenvalue weighted by Crippen LogP contribution is 2.41. The van der Waals surface area contributed by atoms with E-state index >= 15 is 0 Å². The second-order valence-corrected chi connectivity index (χ2v) is 10.1. The van der Waals surface area contributed by atoms with E-state index in [9.17, 15) is 9.59 Å². The maximum absolute atomic E-state index is 13.9. The van der Waals surface area contributed by atoms with Crippen LogP contribution in [-0.4, -0.2) is 37.5 Å². The molecule has 1 atom stereocenters. The molecule has 1 aromatic heterocycles. The number of thiazole rings is 1. The van der Waals surface area contributed by atoms with Crippen molar-refractivity contribution < 1.29 is 23.7 Å². The van der Waals surface area contributed by atoms with Crippen molar-refractivity contribution in [1.29, 1.82) is 5.26 Å². The van der Waals surface area contributed by atoms with Gasteiger partial charge in [-0.25, -0.2) is 9.79 Å². The van der Waals surface area contributed by atoms with Crippen molar-refractivity contribution in [3.8, 4) is 23.3 Å². The Labute approximate surface area is 237 Å². The van der Waals surface area contributed by atoms with Crippen LogP contribution in [0.4, 0.5) is 0 Å². The molecule has 11 heteroatoms. The Morgan fingerprint density at radius 3 is 2.56 bits per heavy atom. The molecular formula is C28H26BrN3O6S. The molecular weight excluding hydrogens is 586 g/mol. The van der Waals surface area contributed by atoms with Crippen LogP contribution < -0.4 is 29.1 Å². The normalized spacial score (nSPS) is 14.8. The number of hydrogen-bond acceptors (Lipinski definition) is 9. The zero-order valence-electron chi connectivity index (χ0n) is 21.8. The van der Waals surface area contributed by atoms with E-state index in [0.717, 1.165) is 5.56 Å². The minimum absolute atomic E-state index is 0.0496. The lowest BCUT2D eigenvalue weighted by atomic mass is 9.95. The molecule has 0 saturated heterocycles. The molecule has 1 aliphatic rings. The number of halogens is 1. The number of carbonyl (C=O) groups is 1. The number of esters is 1.